The molecule has 1 aliphatic rings. The monoisotopic (exact) mass is 355 g/mol. The van der Waals surface area contributed by atoms with Crippen LogP contribution < -0.4 is 5.32 Å². The van der Waals surface area contributed by atoms with Crippen molar-refractivity contribution in [3.05, 3.63) is 48.4 Å². The predicted octanol–water partition coefficient (Wildman–Crippen LogP) is 2.13. The highest BCUT2D eigenvalue weighted by molar-refractivity contribution is 5.93. The first kappa shape index (κ1) is 17.7. The number of carbonyl (C=O) groups excluding carboxylic acids is 2. The number of amides is 2. The van der Waals surface area contributed by atoms with Gasteiger partial charge in [0.25, 0.3) is 5.91 Å². The Morgan fingerprint density at radius 2 is 1.77 bits per heavy atom. The number of anilines is 2. The van der Waals surface area contributed by atoms with E-state index in [1.165, 1.54) is 6.33 Å². The van der Waals surface area contributed by atoms with Crippen molar-refractivity contribution >= 4 is 23.5 Å². The zero-order valence-electron chi connectivity index (χ0n) is 14.6. The van der Waals surface area contributed by atoms with Gasteiger partial charge in [-0.1, -0.05) is 18.2 Å². The highest BCUT2D eigenvalue weighted by atomic mass is 16.6. The van der Waals surface area contributed by atoms with Crippen molar-refractivity contribution in [2.24, 2.45) is 0 Å². The molecular formula is C18H21N5O3. The van der Waals surface area contributed by atoms with Crippen LogP contribution in [0, 0.1) is 0 Å². The molecule has 136 valence electrons. The number of nitrogens with zero attached hydrogens (tertiary/aromatic N) is 4. The SMILES string of the molecule is CCOC(=O)N1CCN(C(=O)c2cc(Nc3ccccc3)ncn2)CC1. The quantitative estimate of drug-likeness (QED) is 0.904. The minimum Gasteiger partial charge on any atom is -0.450 e. The van der Waals surface area contributed by atoms with Gasteiger partial charge in [-0.15, -0.1) is 0 Å². The van der Waals surface area contributed by atoms with Gasteiger partial charge >= 0.3 is 6.09 Å². The Balaban J connectivity index is 1.62. The summed E-state index contributed by atoms with van der Waals surface area (Å²) in [6.07, 6.45) is 1.03. The first-order chi connectivity index (χ1) is 12.7. The maximum Gasteiger partial charge on any atom is 0.409 e. The van der Waals surface area contributed by atoms with Crippen LogP contribution in [-0.2, 0) is 4.74 Å². The van der Waals surface area contributed by atoms with Crippen molar-refractivity contribution in [1.29, 1.82) is 0 Å². The molecule has 0 spiro atoms. The van der Waals surface area contributed by atoms with Crippen LogP contribution in [0.3, 0.4) is 0 Å². The van der Waals surface area contributed by atoms with Gasteiger partial charge in [0.1, 0.15) is 17.8 Å². The molecule has 0 atom stereocenters. The summed E-state index contributed by atoms with van der Waals surface area (Å²) in [5.74, 6) is 0.381. The van der Waals surface area contributed by atoms with Crippen molar-refractivity contribution in [3.63, 3.8) is 0 Å². The van der Waals surface area contributed by atoms with Gasteiger partial charge in [-0.05, 0) is 19.1 Å². The van der Waals surface area contributed by atoms with Crippen molar-refractivity contribution in [1.82, 2.24) is 19.8 Å². The average molecular weight is 355 g/mol. The van der Waals surface area contributed by atoms with Crippen LogP contribution in [0.25, 0.3) is 0 Å². The molecule has 1 aromatic carbocycles. The van der Waals surface area contributed by atoms with Gasteiger partial charge in [-0.25, -0.2) is 14.8 Å². The van der Waals surface area contributed by atoms with Crippen LogP contribution in [0.15, 0.2) is 42.7 Å². The molecule has 2 amide bonds. The maximum absolute atomic E-state index is 12.7. The van der Waals surface area contributed by atoms with E-state index in [9.17, 15) is 9.59 Å². The summed E-state index contributed by atoms with van der Waals surface area (Å²) in [7, 11) is 0. The largest absolute Gasteiger partial charge is 0.450 e. The van der Waals surface area contributed by atoms with E-state index < -0.39 is 0 Å². The van der Waals surface area contributed by atoms with Gasteiger partial charge in [-0.2, -0.15) is 0 Å². The summed E-state index contributed by atoms with van der Waals surface area (Å²) in [4.78, 5) is 36.0. The molecule has 26 heavy (non-hydrogen) atoms. The van der Waals surface area contributed by atoms with E-state index >= 15 is 0 Å². The molecule has 1 fully saturated rings. The smallest absolute Gasteiger partial charge is 0.409 e. The first-order valence-corrected chi connectivity index (χ1v) is 8.52. The molecule has 0 aliphatic carbocycles. The lowest BCUT2D eigenvalue weighted by Crippen LogP contribution is -2.50. The van der Waals surface area contributed by atoms with E-state index in [4.69, 9.17) is 4.74 Å². The number of benzene rings is 1. The van der Waals surface area contributed by atoms with Gasteiger partial charge in [0, 0.05) is 37.9 Å². The lowest BCUT2D eigenvalue weighted by atomic mass is 10.2. The van der Waals surface area contributed by atoms with Crippen LogP contribution >= 0.6 is 0 Å². The summed E-state index contributed by atoms with van der Waals surface area (Å²) >= 11 is 0. The Hall–Kier alpha value is -3.16. The number of para-hydroxylation sites is 1. The maximum atomic E-state index is 12.7. The lowest BCUT2D eigenvalue weighted by molar-refractivity contribution is 0.0566. The predicted molar refractivity (Wildman–Crippen MR) is 96.3 cm³/mol. The van der Waals surface area contributed by atoms with E-state index in [0.717, 1.165) is 5.69 Å². The standard InChI is InChI=1S/C18H21N5O3/c1-2-26-18(25)23-10-8-22(9-11-23)17(24)15-12-16(20-13-19-15)21-14-6-4-3-5-7-14/h3-7,12-13H,2,8-11H2,1H3,(H,19,20,21). The van der Waals surface area contributed by atoms with E-state index in [1.807, 2.05) is 30.3 Å². The number of hydrogen-bond donors (Lipinski definition) is 1. The molecule has 1 saturated heterocycles. The van der Waals surface area contributed by atoms with Gasteiger partial charge < -0.3 is 19.9 Å². The summed E-state index contributed by atoms with van der Waals surface area (Å²) in [5.41, 5.74) is 1.20. The van der Waals surface area contributed by atoms with E-state index in [0.29, 0.717) is 44.3 Å². The Morgan fingerprint density at radius 1 is 1.08 bits per heavy atom. The molecule has 1 aliphatic heterocycles. The number of hydrogen-bond acceptors (Lipinski definition) is 6. The van der Waals surface area contributed by atoms with E-state index in [1.54, 1.807) is 22.8 Å². The third kappa shape index (κ3) is 4.27. The molecule has 3 rings (SSSR count). The fourth-order valence-electron chi connectivity index (χ4n) is 2.68. The normalized spacial score (nSPS) is 14.0. The van der Waals surface area contributed by atoms with Gasteiger partial charge in [0.15, 0.2) is 0 Å². The third-order valence-electron chi connectivity index (χ3n) is 4.03. The summed E-state index contributed by atoms with van der Waals surface area (Å²) in [5, 5.41) is 3.15. The molecule has 8 heteroatoms. The van der Waals surface area contributed by atoms with Crippen LogP contribution in [0.5, 0.6) is 0 Å². The Labute approximate surface area is 151 Å². The number of ether oxygens (including phenoxy) is 1. The molecule has 2 heterocycles. The van der Waals surface area contributed by atoms with Gasteiger partial charge in [-0.3, -0.25) is 4.79 Å². The minimum atomic E-state index is -0.337. The second kappa shape index (κ2) is 8.28. The third-order valence-corrected chi connectivity index (χ3v) is 4.03. The summed E-state index contributed by atoms with van der Waals surface area (Å²) < 4.78 is 4.99. The summed E-state index contributed by atoms with van der Waals surface area (Å²) in [6, 6.07) is 11.2. The van der Waals surface area contributed by atoms with Crippen LogP contribution in [0.1, 0.15) is 17.4 Å². The van der Waals surface area contributed by atoms with Crippen molar-refractivity contribution in [2.45, 2.75) is 6.92 Å². The topological polar surface area (TPSA) is 87.7 Å². The Kier molecular flexibility index (Phi) is 5.62. The van der Waals surface area contributed by atoms with Crippen molar-refractivity contribution in [2.75, 3.05) is 38.1 Å². The number of carbonyl (C=O) groups is 2. The minimum absolute atomic E-state index is 0.174. The average Bonchev–Trinajstić information content (AvgIpc) is 2.69. The molecule has 1 N–H and O–H groups in total. The highest BCUT2D eigenvalue weighted by Crippen LogP contribution is 2.15. The number of piperazine rings is 1. The molecular weight excluding hydrogens is 334 g/mol. The van der Waals surface area contributed by atoms with Crippen molar-refractivity contribution in [3.8, 4) is 0 Å². The van der Waals surface area contributed by atoms with Crippen LogP contribution in [0.4, 0.5) is 16.3 Å². The molecule has 1 aromatic heterocycles. The molecule has 0 unspecified atom stereocenters. The molecule has 8 nitrogen and oxygen atoms in total. The fraction of sp³-hybridized carbons (Fsp3) is 0.333. The molecule has 2 aromatic rings. The molecule has 0 saturated carbocycles. The number of aromatic nitrogens is 2. The lowest BCUT2D eigenvalue weighted by Gasteiger charge is -2.33. The van der Waals surface area contributed by atoms with E-state index in [2.05, 4.69) is 15.3 Å². The van der Waals surface area contributed by atoms with Crippen LogP contribution in [0.2, 0.25) is 0 Å². The molecule has 0 bridgehead atoms. The Morgan fingerprint density at radius 3 is 2.46 bits per heavy atom. The second-order valence-electron chi connectivity index (χ2n) is 5.76. The van der Waals surface area contributed by atoms with Crippen LogP contribution in [-0.4, -0.2) is 64.6 Å². The zero-order chi connectivity index (χ0) is 18.4. The zero-order valence-corrected chi connectivity index (χ0v) is 14.6. The second-order valence-corrected chi connectivity index (χ2v) is 5.76. The highest BCUT2D eigenvalue weighted by Gasteiger charge is 2.26. The van der Waals surface area contributed by atoms with Gasteiger partial charge in [0.05, 0.1) is 6.61 Å². The number of nitrogens with one attached hydrogen (secondary N) is 1. The number of rotatable bonds is 4. The van der Waals surface area contributed by atoms with E-state index in [-0.39, 0.29) is 12.0 Å². The first-order valence-electron chi connectivity index (χ1n) is 8.52. The van der Waals surface area contributed by atoms with Crippen molar-refractivity contribution < 1.29 is 14.3 Å². The Bertz CT molecular complexity index is 760. The molecule has 0 radical (unpaired) electrons. The fourth-order valence-corrected chi connectivity index (χ4v) is 2.68. The van der Waals surface area contributed by atoms with Gasteiger partial charge in [0.2, 0.25) is 0 Å². The summed E-state index contributed by atoms with van der Waals surface area (Å²) in [6.45, 7) is 3.91.